The van der Waals surface area contributed by atoms with E-state index in [0.717, 1.165) is 19.6 Å². The van der Waals surface area contributed by atoms with Gasteiger partial charge in [0.25, 0.3) is 0 Å². The molecule has 1 fully saturated rings. The highest BCUT2D eigenvalue weighted by molar-refractivity contribution is 5.73. The van der Waals surface area contributed by atoms with E-state index in [-0.39, 0.29) is 6.03 Å². The quantitative estimate of drug-likeness (QED) is 0.607. The van der Waals surface area contributed by atoms with Crippen LogP contribution in [-0.2, 0) is 0 Å². The minimum absolute atomic E-state index is 0.00176. The lowest BCUT2D eigenvalue weighted by molar-refractivity contribution is 0.204. The SMILES string of the molecule is CNC(=O)N(C)CC1CCNC1. The van der Waals surface area contributed by atoms with Crippen LogP contribution in [0.1, 0.15) is 6.42 Å². The number of carbonyl (C=O) groups is 1. The second kappa shape index (κ2) is 4.30. The second-order valence-electron chi connectivity index (χ2n) is 3.29. The minimum Gasteiger partial charge on any atom is -0.341 e. The monoisotopic (exact) mass is 171 g/mol. The average molecular weight is 171 g/mol. The number of nitrogens with one attached hydrogen (secondary N) is 2. The first-order chi connectivity index (χ1) is 5.74. The Balaban J connectivity index is 2.24. The maximum Gasteiger partial charge on any atom is 0.316 e. The third kappa shape index (κ3) is 2.37. The fourth-order valence-electron chi connectivity index (χ4n) is 1.53. The molecule has 1 aliphatic heterocycles. The summed E-state index contributed by atoms with van der Waals surface area (Å²) in [7, 11) is 3.49. The summed E-state index contributed by atoms with van der Waals surface area (Å²) in [5, 5.41) is 5.88. The molecule has 0 aromatic rings. The predicted octanol–water partition coefficient (Wildman–Crippen LogP) is -0.133. The Morgan fingerprint density at radius 1 is 1.75 bits per heavy atom. The number of hydrogen-bond acceptors (Lipinski definition) is 2. The Morgan fingerprint density at radius 3 is 3.00 bits per heavy atom. The molecule has 70 valence electrons. The van der Waals surface area contributed by atoms with Gasteiger partial charge in [-0.1, -0.05) is 0 Å². The van der Waals surface area contributed by atoms with Crippen LogP contribution in [0, 0.1) is 5.92 Å². The van der Waals surface area contributed by atoms with Crippen LogP contribution in [0.15, 0.2) is 0 Å². The molecule has 1 unspecified atom stereocenters. The summed E-state index contributed by atoms with van der Waals surface area (Å²) in [6.07, 6.45) is 1.18. The predicted molar refractivity (Wildman–Crippen MR) is 48.1 cm³/mol. The zero-order valence-corrected chi connectivity index (χ0v) is 7.76. The maximum absolute atomic E-state index is 11.1. The van der Waals surface area contributed by atoms with E-state index in [4.69, 9.17) is 0 Å². The van der Waals surface area contributed by atoms with Crippen molar-refractivity contribution in [1.29, 1.82) is 0 Å². The number of rotatable bonds is 2. The molecule has 12 heavy (non-hydrogen) atoms. The van der Waals surface area contributed by atoms with Crippen LogP contribution in [0.25, 0.3) is 0 Å². The lowest BCUT2D eigenvalue weighted by Gasteiger charge is -2.19. The Morgan fingerprint density at radius 2 is 2.50 bits per heavy atom. The largest absolute Gasteiger partial charge is 0.341 e. The van der Waals surface area contributed by atoms with Gasteiger partial charge in [-0.3, -0.25) is 0 Å². The van der Waals surface area contributed by atoms with E-state index < -0.39 is 0 Å². The molecule has 0 aromatic carbocycles. The van der Waals surface area contributed by atoms with Gasteiger partial charge in [-0.05, 0) is 25.4 Å². The number of carbonyl (C=O) groups excluding carboxylic acids is 1. The summed E-state index contributed by atoms with van der Waals surface area (Å²) < 4.78 is 0. The van der Waals surface area contributed by atoms with Gasteiger partial charge in [-0.15, -0.1) is 0 Å². The number of urea groups is 1. The third-order valence-corrected chi connectivity index (χ3v) is 2.25. The van der Waals surface area contributed by atoms with Gasteiger partial charge in [0.1, 0.15) is 0 Å². The summed E-state index contributed by atoms with van der Waals surface area (Å²) in [5.41, 5.74) is 0. The van der Waals surface area contributed by atoms with Crippen molar-refractivity contribution in [3.05, 3.63) is 0 Å². The molecule has 1 saturated heterocycles. The molecule has 4 nitrogen and oxygen atoms in total. The molecule has 0 spiro atoms. The van der Waals surface area contributed by atoms with Crippen molar-refractivity contribution in [3.8, 4) is 0 Å². The molecule has 1 rings (SSSR count). The molecule has 0 aliphatic carbocycles. The molecule has 2 amide bonds. The molecule has 4 heteroatoms. The van der Waals surface area contributed by atoms with Crippen molar-refractivity contribution in [1.82, 2.24) is 15.5 Å². The zero-order valence-electron chi connectivity index (χ0n) is 7.76. The van der Waals surface area contributed by atoms with Crippen molar-refractivity contribution in [2.45, 2.75) is 6.42 Å². The van der Waals surface area contributed by atoms with E-state index in [1.54, 1.807) is 11.9 Å². The normalized spacial score (nSPS) is 22.3. The molecule has 0 radical (unpaired) electrons. The lowest BCUT2D eigenvalue weighted by atomic mass is 10.1. The van der Waals surface area contributed by atoms with Gasteiger partial charge in [-0.2, -0.15) is 0 Å². The van der Waals surface area contributed by atoms with Crippen molar-refractivity contribution >= 4 is 6.03 Å². The number of amides is 2. The Bertz CT molecular complexity index is 154. The van der Waals surface area contributed by atoms with Crippen LogP contribution in [0.4, 0.5) is 4.79 Å². The smallest absolute Gasteiger partial charge is 0.316 e. The first kappa shape index (κ1) is 9.32. The molecule has 0 aromatic heterocycles. The van der Waals surface area contributed by atoms with E-state index in [2.05, 4.69) is 10.6 Å². The Labute approximate surface area is 73.3 Å². The number of hydrogen-bond donors (Lipinski definition) is 2. The van der Waals surface area contributed by atoms with Gasteiger partial charge in [0.2, 0.25) is 0 Å². The van der Waals surface area contributed by atoms with Crippen LogP contribution < -0.4 is 10.6 Å². The van der Waals surface area contributed by atoms with Crippen molar-refractivity contribution in [2.24, 2.45) is 5.92 Å². The summed E-state index contributed by atoms with van der Waals surface area (Å²) in [6.45, 7) is 2.99. The summed E-state index contributed by atoms with van der Waals surface area (Å²) in [5.74, 6) is 0.632. The van der Waals surface area contributed by atoms with E-state index in [0.29, 0.717) is 5.92 Å². The Kier molecular flexibility index (Phi) is 3.34. The zero-order chi connectivity index (χ0) is 8.97. The maximum atomic E-state index is 11.1. The second-order valence-corrected chi connectivity index (χ2v) is 3.29. The summed E-state index contributed by atoms with van der Waals surface area (Å²) in [6, 6.07) is 0.00176. The highest BCUT2D eigenvalue weighted by Gasteiger charge is 2.17. The summed E-state index contributed by atoms with van der Waals surface area (Å²) in [4.78, 5) is 12.8. The van der Waals surface area contributed by atoms with Crippen LogP contribution in [0.2, 0.25) is 0 Å². The van der Waals surface area contributed by atoms with Crippen LogP contribution in [-0.4, -0.2) is 44.7 Å². The summed E-state index contributed by atoms with van der Waals surface area (Å²) >= 11 is 0. The van der Waals surface area contributed by atoms with Gasteiger partial charge in [0.15, 0.2) is 0 Å². The number of nitrogens with zero attached hydrogens (tertiary/aromatic N) is 1. The molecule has 2 N–H and O–H groups in total. The average Bonchev–Trinajstić information content (AvgIpc) is 2.55. The van der Waals surface area contributed by atoms with E-state index in [9.17, 15) is 4.79 Å². The lowest BCUT2D eigenvalue weighted by Crippen LogP contribution is -2.38. The fourth-order valence-corrected chi connectivity index (χ4v) is 1.53. The van der Waals surface area contributed by atoms with Crippen molar-refractivity contribution in [3.63, 3.8) is 0 Å². The highest BCUT2D eigenvalue weighted by Crippen LogP contribution is 2.08. The van der Waals surface area contributed by atoms with Crippen LogP contribution >= 0.6 is 0 Å². The van der Waals surface area contributed by atoms with Crippen LogP contribution in [0.3, 0.4) is 0 Å². The standard InChI is InChI=1S/C8H17N3O/c1-9-8(12)11(2)6-7-3-4-10-5-7/h7,10H,3-6H2,1-2H3,(H,9,12). The van der Waals surface area contributed by atoms with Crippen molar-refractivity contribution in [2.75, 3.05) is 33.7 Å². The van der Waals surface area contributed by atoms with Crippen LogP contribution in [0.5, 0.6) is 0 Å². The van der Waals surface area contributed by atoms with Gasteiger partial charge in [0.05, 0.1) is 0 Å². The third-order valence-electron chi connectivity index (χ3n) is 2.25. The van der Waals surface area contributed by atoms with Crippen molar-refractivity contribution < 1.29 is 4.79 Å². The van der Waals surface area contributed by atoms with Gasteiger partial charge >= 0.3 is 6.03 Å². The molecule has 0 bridgehead atoms. The van der Waals surface area contributed by atoms with Gasteiger partial charge in [0, 0.05) is 20.6 Å². The first-order valence-electron chi connectivity index (χ1n) is 4.37. The molecular formula is C8H17N3O. The highest BCUT2D eigenvalue weighted by atomic mass is 16.2. The molecule has 1 aliphatic rings. The van der Waals surface area contributed by atoms with E-state index >= 15 is 0 Å². The van der Waals surface area contributed by atoms with E-state index in [1.807, 2.05) is 7.05 Å². The topological polar surface area (TPSA) is 44.4 Å². The van der Waals surface area contributed by atoms with E-state index in [1.165, 1.54) is 6.42 Å². The van der Waals surface area contributed by atoms with Gasteiger partial charge in [-0.25, -0.2) is 4.79 Å². The fraction of sp³-hybridized carbons (Fsp3) is 0.875. The minimum atomic E-state index is 0.00176. The Hall–Kier alpha value is -0.770. The molecular weight excluding hydrogens is 154 g/mol. The molecule has 0 saturated carbocycles. The van der Waals surface area contributed by atoms with Gasteiger partial charge < -0.3 is 15.5 Å². The molecule has 1 heterocycles. The molecule has 1 atom stereocenters. The first-order valence-corrected chi connectivity index (χ1v) is 4.37.